The lowest BCUT2D eigenvalue weighted by molar-refractivity contribution is 0.0975. The Morgan fingerprint density at radius 3 is 2.10 bits per heavy atom. The Bertz CT molecular complexity index is 543. The molecule has 2 aromatic carbocycles. The molecule has 0 fully saturated rings. The van der Waals surface area contributed by atoms with Crippen molar-refractivity contribution in [1.29, 1.82) is 0 Å². The maximum Gasteiger partial charge on any atom is 0.0698 e. The van der Waals surface area contributed by atoms with Crippen LogP contribution in [0.25, 0.3) is 0 Å². The zero-order valence-corrected chi connectivity index (χ0v) is 12.0. The van der Waals surface area contributed by atoms with Crippen LogP contribution >= 0.6 is 11.8 Å². The number of hydrogen-bond acceptors (Lipinski definition) is 4. The molecule has 2 aromatic rings. The molecule has 1 heterocycles. The molecule has 0 atom stereocenters. The standard InChI is InChI=1S/C16H17NO2S/c18-10-12-19-11-9-17-13-5-1-3-7-15(13)20-16-8-4-2-6-14(16)17/h1-8,18H,9-12H2. The maximum atomic E-state index is 8.78. The van der Waals surface area contributed by atoms with Crippen LogP contribution in [0, 0.1) is 0 Å². The summed E-state index contributed by atoms with van der Waals surface area (Å²) >= 11 is 1.81. The van der Waals surface area contributed by atoms with Crippen LogP contribution in [-0.4, -0.2) is 31.5 Å². The molecule has 0 bridgehead atoms. The molecule has 0 unspecified atom stereocenters. The van der Waals surface area contributed by atoms with Gasteiger partial charge in [0.05, 0.1) is 31.2 Å². The van der Waals surface area contributed by atoms with Crippen molar-refractivity contribution in [3.63, 3.8) is 0 Å². The van der Waals surface area contributed by atoms with E-state index in [1.807, 2.05) is 11.8 Å². The number of para-hydroxylation sites is 2. The highest BCUT2D eigenvalue weighted by atomic mass is 32.2. The predicted octanol–water partition coefficient (Wildman–Crippen LogP) is 3.30. The van der Waals surface area contributed by atoms with Crippen LogP contribution in [0.5, 0.6) is 0 Å². The Hall–Kier alpha value is -1.49. The first-order chi connectivity index (χ1) is 9.90. The summed E-state index contributed by atoms with van der Waals surface area (Å²) in [5.41, 5.74) is 2.45. The second kappa shape index (κ2) is 6.31. The molecule has 4 heteroatoms. The van der Waals surface area contributed by atoms with E-state index in [4.69, 9.17) is 9.84 Å². The number of anilines is 2. The highest BCUT2D eigenvalue weighted by Gasteiger charge is 2.22. The topological polar surface area (TPSA) is 32.7 Å². The summed E-state index contributed by atoms with van der Waals surface area (Å²) in [6, 6.07) is 16.9. The third-order valence-electron chi connectivity index (χ3n) is 3.23. The largest absolute Gasteiger partial charge is 0.394 e. The van der Waals surface area contributed by atoms with Gasteiger partial charge < -0.3 is 14.7 Å². The van der Waals surface area contributed by atoms with E-state index in [-0.39, 0.29) is 6.61 Å². The first-order valence-electron chi connectivity index (χ1n) is 6.72. The third-order valence-corrected chi connectivity index (χ3v) is 4.36. The van der Waals surface area contributed by atoms with Gasteiger partial charge in [0.25, 0.3) is 0 Å². The van der Waals surface area contributed by atoms with Crippen molar-refractivity contribution in [2.45, 2.75) is 9.79 Å². The SMILES string of the molecule is OCCOCCN1c2ccccc2Sc2ccccc21. The lowest BCUT2D eigenvalue weighted by atomic mass is 10.2. The Balaban J connectivity index is 1.87. The van der Waals surface area contributed by atoms with E-state index < -0.39 is 0 Å². The molecule has 0 radical (unpaired) electrons. The van der Waals surface area contributed by atoms with Gasteiger partial charge in [0.15, 0.2) is 0 Å². The monoisotopic (exact) mass is 287 g/mol. The number of aliphatic hydroxyl groups is 1. The van der Waals surface area contributed by atoms with Crippen molar-refractivity contribution >= 4 is 23.1 Å². The normalized spacial score (nSPS) is 12.9. The lowest BCUT2D eigenvalue weighted by Crippen LogP contribution is -2.25. The molecule has 3 nitrogen and oxygen atoms in total. The number of nitrogens with zero attached hydrogens (tertiary/aromatic N) is 1. The Labute approximate surface area is 123 Å². The van der Waals surface area contributed by atoms with E-state index in [1.54, 1.807) is 0 Å². The van der Waals surface area contributed by atoms with Crippen molar-refractivity contribution in [2.24, 2.45) is 0 Å². The van der Waals surface area contributed by atoms with Crippen LogP contribution in [-0.2, 0) is 4.74 Å². The molecular formula is C16H17NO2S. The van der Waals surface area contributed by atoms with E-state index in [1.165, 1.54) is 21.2 Å². The van der Waals surface area contributed by atoms with Gasteiger partial charge in [-0.15, -0.1) is 0 Å². The molecule has 1 aliphatic heterocycles. The summed E-state index contributed by atoms with van der Waals surface area (Å²) in [6.45, 7) is 1.86. The molecule has 0 saturated carbocycles. The number of hydrogen-bond donors (Lipinski definition) is 1. The van der Waals surface area contributed by atoms with Gasteiger partial charge in [-0.25, -0.2) is 0 Å². The van der Waals surface area contributed by atoms with Crippen LogP contribution in [0.15, 0.2) is 58.3 Å². The molecule has 0 aromatic heterocycles. The van der Waals surface area contributed by atoms with Crippen LogP contribution in [0.1, 0.15) is 0 Å². The minimum absolute atomic E-state index is 0.0724. The fourth-order valence-electron chi connectivity index (χ4n) is 2.34. The summed E-state index contributed by atoms with van der Waals surface area (Å²) in [4.78, 5) is 4.83. The molecule has 0 saturated heterocycles. The highest BCUT2D eigenvalue weighted by Crippen LogP contribution is 2.47. The quantitative estimate of drug-likeness (QED) is 0.855. The highest BCUT2D eigenvalue weighted by molar-refractivity contribution is 7.99. The van der Waals surface area contributed by atoms with Crippen molar-refractivity contribution in [2.75, 3.05) is 31.3 Å². The average molecular weight is 287 g/mol. The van der Waals surface area contributed by atoms with Gasteiger partial charge in [0, 0.05) is 16.3 Å². The summed E-state index contributed by atoms with van der Waals surface area (Å²) < 4.78 is 5.42. The summed E-state index contributed by atoms with van der Waals surface area (Å²) in [5.74, 6) is 0. The number of aliphatic hydroxyl groups excluding tert-OH is 1. The lowest BCUT2D eigenvalue weighted by Gasteiger charge is -2.32. The van der Waals surface area contributed by atoms with Gasteiger partial charge >= 0.3 is 0 Å². The fourth-order valence-corrected chi connectivity index (χ4v) is 3.44. The van der Waals surface area contributed by atoms with Gasteiger partial charge in [0.2, 0.25) is 0 Å². The molecule has 3 rings (SSSR count). The second-order valence-corrected chi connectivity index (χ2v) is 5.61. The van der Waals surface area contributed by atoms with E-state index in [9.17, 15) is 0 Å². The minimum Gasteiger partial charge on any atom is -0.394 e. The number of rotatable bonds is 5. The smallest absolute Gasteiger partial charge is 0.0698 e. The predicted molar refractivity (Wildman–Crippen MR) is 81.9 cm³/mol. The van der Waals surface area contributed by atoms with Crippen molar-refractivity contribution in [3.8, 4) is 0 Å². The molecule has 0 spiro atoms. The number of fused-ring (bicyclic) bond motifs is 2. The van der Waals surface area contributed by atoms with Crippen LogP contribution in [0.4, 0.5) is 11.4 Å². The molecule has 20 heavy (non-hydrogen) atoms. The molecule has 1 aliphatic rings. The van der Waals surface area contributed by atoms with Crippen LogP contribution in [0.2, 0.25) is 0 Å². The van der Waals surface area contributed by atoms with Crippen molar-refractivity contribution < 1.29 is 9.84 Å². The maximum absolute atomic E-state index is 8.78. The Morgan fingerprint density at radius 1 is 0.900 bits per heavy atom. The summed E-state index contributed by atoms with van der Waals surface area (Å²) in [7, 11) is 0. The molecule has 1 N–H and O–H groups in total. The zero-order chi connectivity index (χ0) is 13.8. The summed E-state index contributed by atoms with van der Waals surface area (Å²) in [6.07, 6.45) is 0. The van der Waals surface area contributed by atoms with Gasteiger partial charge in [0.1, 0.15) is 0 Å². The van der Waals surface area contributed by atoms with E-state index in [0.717, 1.165) is 6.54 Å². The van der Waals surface area contributed by atoms with Gasteiger partial charge in [-0.1, -0.05) is 36.0 Å². The Kier molecular flexibility index (Phi) is 4.25. The molecule has 0 amide bonds. The van der Waals surface area contributed by atoms with Crippen LogP contribution < -0.4 is 4.90 Å². The van der Waals surface area contributed by atoms with E-state index >= 15 is 0 Å². The van der Waals surface area contributed by atoms with Crippen molar-refractivity contribution in [3.05, 3.63) is 48.5 Å². The van der Waals surface area contributed by atoms with Crippen LogP contribution in [0.3, 0.4) is 0 Å². The van der Waals surface area contributed by atoms with Crippen molar-refractivity contribution in [1.82, 2.24) is 0 Å². The first kappa shape index (κ1) is 13.5. The van der Waals surface area contributed by atoms with Gasteiger partial charge in [-0.05, 0) is 24.3 Å². The molecule has 104 valence electrons. The summed E-state index contributed by atoms with van der Waals surface area (Å²) in [5, 5.41) is 8.78. The number of ether oxygens (including phenoxy) is 1. The van der Waals surface area contributed by atoms with Gasteiger partial charge in [-0.3, -0.25) is 0 Å². The zero-order valence-electron chi connectivity index (χ0n) is 11.2. The number of benzene rings is 2. The fraction of sp³-hybridized carbons (Fsp3) is 0.250. The second-order valence-electron chi connectivity index (χ2n) is 4.53. The Morgan fingerprint density at radius 2 is 1.50 bits per heavy atom. The van der Waals surface area contributed by atoms with Gasteiger partial charge in [-0.2, -0.15) is 0 Å². The van der Waals surface area contributed by atoms with E-state index in [2.05, 4.69) is 53.4 Å². The van der Waals surface area contributed by atoms with E-state index in [0.29, 0.717) is 13.2 Å². The average Bonchev–Trinajstić information content (AvgIpc) is 2.50. The third kappa shape index (κ3) is 2.68. The minimum atomic E-state index is 0.0724. The first-order valence-corrected chi connectivity index (χ1v) is 7.54. The molecule has 0 aliphatic carbocycles. The molecular weight excluding hydrogens is 270 g/mol.